The number of morpholine rings is 1. The van der Waals surface area contributed by atoms with Crippen molar-refractivity contribution >= 4 is 5.91 Å². The van der Waals surface area contributed by atoms with Gasteiger partial charge in [0.15, 0.2) is 5.82 Å². The van der Waals surface area contributed by atoms with Gasteiger partial charge in [-0.05, 0) is 20.8 Å². The summed E-state index contributed by atoms with van der Waals surface area (Å²) < 4.78 is 10.8. The molecule has 0 radical (unpaired) electrons. The molecule has 1 fully saturated rings. The lowest BCUT2D eigenvalue weighted by Gasteiger charge is -2.30. The van der Waals surface area contributed by atoms with Gasteiger partial charge in [0.05, 0.1) is 18.8 Å². The van der Waals surface area contributed by atoms with E-state index in [-0.39, 0.29) is 12.0 Å². The van der Waals surface area contributed by atoms with Crippen LogP contribution in [0.15, 0.2) is 4.52 Å². The Morgan fingerprint density at radius 3 is 2.92 bits per heavy atom. The number of hydrogen-bond donors (Lipinski definition) is 2. The molecule has 1 aliphatic rings. The molecule has 9 nitrogen and oxygen atoms in total. The fourth-order valence-electron chi connectivity index (χ4n) is 2.71. The minimum Gasteiger partial charge on any atom is -0.367 e. The van der Waals surface area contributed by atoms with E-state index >= 15 is 0 Å². The molecular formula is C15H22N6O3. The van der Waals surface area contributed by atoms with Crippen LogP contribution in [0.3, 0.4) is 0 Å². The standard InChI is InChI=1S/C15H22N6O3/c1-9-12(10(2)24-20-9)6-16-14(22)8-21-4-5-23-13(7-21)15-17-11(3)18-19-15/h13H,4-8H2,1-3H3,(H,16,22)(H,17,18,19)/t13-/m1/s1. The molecule has 0 aliphatic carbocycles. The molecule has 0 bridgehead atoms. The van der Waals surface area contributed by atoms with Gasteiger partial charge in [0, 0.05) is 25.2 Å². The van der Waals surface area contributed by atoms with Crippen molar-refractivity contribution < 1.29 is 14.1 Å². The Hall–Kier alpha value is -2.26. The average molecular weight is 334 g/mol. The number of ether oxygens (including phenoxy) is 1. The Kier molecular flexibility index (Phi) is 4.91. The van der Waals surface area contributed by atoms with Gasteiger partial charge in [-0.3, -0.25) is 14.8 Å². The number of aromatic nitrogens is 4. The Balaban J connectivity index is 1.51. The first-order chi connectivity index (χ1) is 11.5. The Morgan fingerprint density at radius 2 is 2.25 bits per heavy atom. The molecular weight excluding hydrogens is 312 g/mol. The zero-order valence-electron chi connectivity index (χ0n) is 14.1. The van der Waals surface area contributed by atoms with Crippen LogP contribution in [0.25, 0.3) is 0 Å². The predicted octanol–water partition coefficient (Wildman–Crippen LogP) is 0.408. The first kappa shape index (κ1) is 16.6. The highest BCUT2D eigenvalue weighted by atomic mass is 16.5. The topological polar surface area (TPSA) is 109 Å². The van der Waals surface area contributed by atoms with Gasteiger partial charge in [-0.15, -0.1) is 0 Å². The van der Waals surface area contributed by atoms with Crippen LogP contribution in [0, 0.1) is 20.8 Å². The third-order valence-electron chi connectivity index (χ3n) is 4.06. The summed E-state index contributed by atoms with van der Waals surface area (Å²) in [6, 6.07) is 0. The highest BCUT2D eigenvalue weighted by molar-refractivity contribution is 5.78. The largest absolute Gasteiger partial charge is 0.367 e. The van der Waals surface area contributed by atoms with Crippen LogP contribution in [0.5, 0.6) is 0 Å². The van der Waals surface area contributed by atoms with Gasteiger partial charge in [-0.2, -0.15) is 5.10 Å². The van der Waals surface area contributed by atoms with E-state index in [1.165, 1.54) is 0 Å². The molecule has 1 aliphatic heterocycles. The molecule has 3 heterocycles. The molecule has 2 aromatic heterocycles. The van der Waals surface area contributed by atoms with E-state index < -0.39 is 0 Å². The summed E-state index contributed by atoms with van der Waals surface area (Å²) in [5.41, 5.74) is 1.73. The Bertz CT molecular complexity index is 690. The predicted molar refractivity (Wildman–Crippen MR) is 84.1 cm³/mol. The number of nitrogens with one attached hydrogen (secondary N) is 2. The molecule has 1 saturated heterocycles. The number of aryl methyl sites for hydroxylation is 3. The average Bonchev–Trinajstić information content (AvgIpc) is 3.12. The number of rotatable bonds is 5. The highest BCUT2D eigenvalue weighted by Gasteiger charge is 2.26. The summed E-state index contributed by atoms with van der Waals surface area (Å²) in [6.45, 7) is 8.14. The molecule has 1 amide bonds. The van der Waals surface area contributed by atoms with Gasteiger partial charge in [-0.1, -0.05) is 5.16 Å². The van der Waals surface area contributed by atoms with Crippen molar-refractivity contribution in [1.29, 1.82) is 0 Å². The van der Waals surface area contributed by atoms with Crippen molar-refractivity contribution in [2.75, 3.05) is 26.2 Å². The second-order valence-electron chi connectivity index (χ2n) is 5.95. The van der Waals surface area contributed by atoms with Crippen molar-refractivity contribution in [1.82, 2.24) is 30.6 Å². The molecule has 1 atom stereocenters. The second-order valence-corrected chi connectivity index (χ2v) is 5.95. The van der Waals surface area contributed by atoms with E-state index in [1.807, 2.05) is 25.7 Å². The number of aromatic amines is 1. The van der Waals surface area contributed by atoms with E-state index in [2.05, 4.69) is 25.7 Å². The van der Waals surface area contributed by atoms with E-state index in [0.29, 0.717) is 38.6 Å². The van der Waals surface area contributed by atoms with Crippen molar-refractivity contribution in [2.45, 2.75) is 33.4 Å². The van der Waals surface area contributed by atoms with Gasteiger partial charge in [0.2, 0.25) is 5.91 Å². The lowest BCUT2D eigenvalue weighted by Crippen LogP contribution is -2.44. The number of carbonyl (C=O) groups is 1. The van der Waals surface area contributed by atoms with Crippen LogP contribution in [0.1, 0.15) is 34.8 Å². The number of nitrogens with zero attached hydrogens (tertiary/aromatic N) is 4. The molecule has 24 heavy (non-hydrogen) atoms. The summed E-state index contributed by atoms with van der Waals surface area (Å²) in [7, 11) is 0. The van der Waals surface area contributed by atoms with Crippen LogP contribution in [-0.2, 0) is 16.1 Å². The lowest BCUT2D eigenvalue weighted by molar-refractivity contribution is -0.124. The fourth-order valence-corrected chi connectivity index (χ4v) is 2.71. The van der Waals surface area contributed by atoms with Crippen molar-refractivity contribution in [3.63, 3.8) is 0 Å². The monoisotopic (exact) mass is 334 g/mol. The highest BCUT2D eigenvalue weighted by Crippen LogP contribution is 2.18. The summed E-state index contributed by atoms with van der Waals surface area (Å²) in [5, 5.41) is 13.8. The van der Waals surface area contributed by atoms with Gasteiger partial charge in [-0.25, -0.2) is 4.98 Å². The molecule has 0 unspecified atom stereocenters. The molecule has 0 saturated carbocycles. The molecule has 2 aromatic rings. The van der Waals surface area contributed by atoms with Crippen LogP contribution >= 0.6 is 0 Å². The first-order valence-electron chi connectivity index (χ1n) is 7.94. The quantitative estimate of drug-likeness (QED) is 0.815. The van der Waals surface area contributed by atoms with Crippen molar-refractivity contribution in [3.05, 3.63) is 28.7 Å². The third kappa shape index (κ3) is 3.80. The summed E-state index contributed by atoms with van der Waals surface area (Å²) in [4.78, 5) is 18.5. The molecule has 0 aromatic carbocycles. The maximum atomic E-state index is 12.2. The zero-order chi connectivity index (χ0) is 17.1. The number of amides is 1. The smallest absolute Gasteiger partial charge is 0.234 e. The maximum absolute atomic E-state index is 12.2. The van der Waals surface area contributed by atoms with E-state index in [1.54, 1.807) is 0 Å². The lowest BCUT2D eigenvalue weighted by atomic mass is 10.2. The van der Waals surface area contributed by atoms with Crippen LogP contribution in [0.4, 0.5) is 0 Å². The minimum atomic E-state index is -0.209. The number of H-pyrrole nitrogens is 1. The SMILES string of the molecule is Cc1nc([C@H]2CN(CC(=O)NCc3c(C)noc3C)CCO2)n[nH]1. The van der Waals surface area contributed by atoms with E-state index in [4.69, 9.17) is 9.26 Å². The number of carbonyl (C=O) groups excluding carboxylic acids is 1. The van der Waals surface area contributed by atoms with Crippen molar-refractivity contribution in [3.8, 4) is 0 Å². The molecule has 9 heteroatoms. The van der Waals surface area contributed by atoms with E-state index in [0.717, 1.165) is 22.8 Å². The van der Waals surface area contributed by atoms with Gasteiger partial charge < -0.3 is 14.6 Å². The minimum absolute atomic E-state index is 0.0400. The van der Waals surface area contributed by atoms with Crippen LogP contribution < -0.4 is 5.32 Å². The second kappa shape index (κ2) is 7.10. The maximum Gasteiger partial charge on any atom is 0.234 e. The van der Waals surface area contributed by atoms with Gasteiger partial charge >= 0.3 is 0 Å². The summed E-state index contributed by atoms with van der Waals surface area (Å²) in [6.07, 6.45) is -0.209. The molecule has 0 spiro atoms. The summed E-state index contributed by atoms with van der Waals surface area (Å²) in [5.74, 6) is 2.08. The van der Waals surface area contributed by atoms with Crippen molar-refractivity contribution in [2.24, 2.45) is 0 Å². The van der Waals surface area contributed by atoms with Gasteiger partial charge in [0.25, 0.3) is 0 Å². The van der Waals surface area contributed by atoms with Crippen LogP contribution in [-0.4, -0.2) is 57.4 Å². The summed E-state index contributed by atoms with van der Waals surface area (Å²) >= 11 is 0. The molecule has 130 valence electrons. The van der Waals surface area contributed by atoms with E-state index in [9.17, 15) is 4.79 Å². The molecule has 3 rings (SSSR count). The number of hydrogen-bond acceptors (Lipinski definition) is 7. The third-order valence-corrected chi connectivity index (χ3v) is 4.06. The Labute approximate surface area is 139 Å². The molecule has 2 N–H and O–H groups in total. The fraction of sp³-hybridized carbons (Fsp3) is 0.600. The van der Waals surface area contributed by atoms with Gasteiger partial charge in [0.1, 0.15) is 17.7 Å². The first-order valence-corrected chi connectivity index (χ1v) is 7.94. The zero-order valence-corrected chi connectivity index (χ0v) is 14.1. The Morgan fingerprint density at radius 1 is 1.42 bits per heavy atom. The van der Waals surface area contributed by atoms with Crippen LogP contribution in [0.2, 0.25) is 0 Å². The normalized spacial score (nSPS) is 18.7.